The molecule has 0 aromatic heterocycles. The van der Waals surface area contributed by atoms with Gasteiger partial charge in [-0.1, -0.05) is 22.4 Å². The van der Waals surface area contributed by atoms with E-state index in [9.17, 15) is 5.26 Å². The molecular formula is C6H5NO3. The van der Waals surface area contributed by atoms with Crippen molar-refractivity contribution in [2.45, 2.75) is 0 Å². The molecule has 0 saturated carbocycles. The molecule has 4 heteroatoms. The van der Waals surface area contributed by atoms with E-state index >= 15 is 0 Å². The Bertz CT molecular complexity index is 226. The van der Waals surface area contributed by atoms with Crippen LogP contribution in [0, 0.1) is 0 Å². The largest absolute Gasteiger partial charge is 0.435 e. The second-order valence-electron chi connectivity index (χ2n) is 1.92. The van der Waals surface area contributed by atoms with Gasteiger partial charge in [0.05, 0.1) is 0 Å². The van der Waals surface area contributed by atoms with Gasteiger partial charge in [0.2, 0.25) is 5.75 Å². The van der Waals surface area contributed by atoms with E-state index in [2.05, 4.69) is 10.4 Å². The Morgan fingerprint density at radius 3 is 3.00 bits per heavy atom. The molecule has 4 nitrogen and oxygen atoms in total. The lowest BCUT2D eigenvalue weighted by atomic mass is 10.3. The zero-order valence-corrected chi connectivity index (χ0v) is 5.03. The van der Waals surface area contributed by atoms with E-state index in [1.807, 2.05) is 6.07 Å². The summed E-state index contributed by atoms with van der Waals surface area (Å²) in [7, 11) is 0. The van der Waals surface area contributed by atoms with Gasteiger partial charge in [-0.15, -0.1) is 0 Å². The van der Waals surface area contributed by atoms with Gasteiger partial charge >= 0.3 is 0 Å². The third kappa shape index (κ3) is 0.706. The number of fused-ring (bicyclic) bond motifs is 1. The van der Waals surface area contributed by atoms with Crippen molar-refractivity contribution in [1.29, 1.82) is 0 Å². The smallest absolute Gasteiger partial charge is 0.249 e. The molecule has 1 aromatic carbocycles. The second-order valence-corrected chi connectivity index (χ2v) is 1.92. The average molecular weight is 139 g/mol. The third-order valence-electron chi connectivity index (χ3n) is 1.25. The predicted octanol–water partition coefficient (Wildman–Crippen LogP) is 0.148. The molecule has 0 atom stereocenters. The lowest BCUT2D eigenvalue weighted by molar-refractivity contribution is -0.871. The summed E-state index contributed by atoms with van der Waals surface area (Å²) in [6.07, 6.45) is 0. The minimum Gasteiger partial charge on any atom is -0.435 e. The monoisotopic (exact) mass is 139 g/mol. The van der Waals surface area contributed by atoms with Crippen molar-refractivity contribution in [2.75, 3.05) is 5.48 Å². The Balaban J connectivity index is 2.42. The number of hydrogen-bond acceptors (Lipinski definition) is 3. The fraction of sp³-hybridized carbons (Fsp3) is 0. The van der Waals surface area contributed by atoms with Gasteiger partial charge in [-0.2, -0.15) is 4.89 Å². The predicted molar refractivity (Wildman–Crippen MR) is 31.8 cm³/mol. The molecule has 52 valence electrons. The number of anilines is 1. The van der Waals surface area contributed by atoms with Crippen LogP contribution in [0.2, 0.25) is 0 Å². The fourth-order valence-corrected chi connectivity index (χ4v) is 0.816. The van der Waals surface area contributed by atoms with Crippen LogP contribution in [-0.2, 0) is 4.77 Å². The van der Waals surface area contributed by atoms with Crippen LogP contribution < -0.4 is 15.6 Å². The zero-order chi connectivity index (χ0) is 6.97. The highest BCUT2D eigenvalue weighted by Gasteiger charge is 2.20. The molecule has 0 saturated heterocycles. The van der Waals surface area contributed by atoms with Crippen LogP contribution in [0.15, 0.2) is 24.3 Å². The summed E-state index contributed by atoms with van der Waals surface area (Å²) in [4.78, 5) is 4.59. The number of benzene rings is 1. The van der Waals surface area contributed by atoms with Crippen LogP contribution in [0.4, 0.5) is 5.69 Å². The first-order valence-electron chi connectivity index (χ1n) is 2.82. The zero-order valence-electron chi connectivity index (χ0n) is 5.03. The van der Waals surface area contributed by atoms with E-state index in [0.717, 1.165) is 4.77 Å². The minimum absolute atomic E-state index is 0.530. The van der Waals surface area contributed by atoms with E-state index in [0.29, 0.717) is 11.4 Å². The van der Waals surface area contributed by atoms with Crippen LogP contribution in [0.3, 0.4) is 0 Å². The van der Waals surface area contributed by atoms with Crippen LogP contribution in [0.25, 0.3) is 0 Å². The second kappa shape index (κ2) is 1.86. The van der Waals surface area contributed by atoms with Gasteiger partial charge in [-0.25, -0.2) is 0 Å². The fourth-order valence-electron chi connectivity index (χ4n) is 0.816. The molecule has 0 radical (unpaired) electrons. The Labute approximate surface area is 57.1 Å². The average Bonchev–Trinajstić information content (AvgIpc) is 2.27. The van der Waals surface area contributed by atoms with Gasteiger partial charge in [0.25, 0.3) is 0 Å². The Morgan fingerprint density at radius 2 is 2.20 bits per heavy atom. The van der Waals surface area contributed by atoms with Crippen molar-refractivity contribution in [2.24, 2.45) is 0 Å². The number of para-hydroxylation sites is 2. The van der Waals surface area contributed by atoms with Crippen molar-refractivity contribution >= 4 is 5.69 Å². The van der Waals surface area contributed by atoms with Crippen molar-refractivity contribution in [3.8, 4) is 5.75 Å². The lowest BCUT2D eigenvalue weighted by Gasteiger charge is -2.02. The molecule has 1 N–H and O–H groups in total. The van der Waals surface area contributed by atoms with Gasteiger partial charge in [-0.3, -0.25) is 0 Å². The SMILES string of the molecule is [O-][O+]1Nc2ccccc2O1. The quantitative estimate of drug-likeness (QED) is 0.411. The molecule has 10 heavy (non-hydrogen) atoms. The highest BCUT2D eigenvalue weighted by molar-refractivity contribution is 5.55. The van der Waals surface area contributed by atoms with Crippen LogP contribution in [0.1, 0.15) is 0 Å². The molecule has 1 aliphatic rings. The molecule has 0 fully saturated rings. The Kier molecular flexibility index (Phi) is 1.03. The summed E-state index contributed by atoms with van der Waals surface area (Å²) >= 11 is 0. The van der Waals surface area contributed by atoms with Gasteiger partial charge < -0.3 is 5.26 Å². The maximum Gasteiger partial charge on any atom is 0.249 e. The lowest BCUT2D eigenvalue weighted by Crippen LogP contribution is -2.29. The standard InChI is InChI=1S/C6H5NO3/c8-10-7-5-3-1-2-4-6(5)9-10/h1-4,7H. The number of nitrogens with one attached hydrogen (secondary N) is 1. The molecule has 0 aliphatic carbocycles. The number of rotatable bonds is 0. The molecule has 0 spiro atoms. The van der Waals surface area contributed by atoms with Crippen LogP contribution >= 0.6 is 0 Å². The first kappa shape index (κ1) is 5.52. The highest BCUT2D eigenvalue weighted by atomic mass is 17.6. The van der Waals surface area contributed by atoms with E-state index in [4.69, 9.17) is 0 Å². The van der Waals surface area contributed by atoms with E-state index in [-0.39, 0.29) is 0 Å². The summed E-state index contributed by atoms with van der Waals surface area (Å²) in [6, 6.07) is 7.06. The molecular weight excluding hydrogens is 134 g/mol. The summed E-state index contributed by atoms with van der Waals surface area (Å²) in [5.74, 6) is 0.530. The van der Waals surface area contributed by atoms with Crippen molar-refractivity contribution in [3.05, 3.63) is 24.3 Å². The third-order valence-corrected chi connectivity index (χ3v) is 1.25. The molecule has 1 aliphatic heterocycles. The van der Waals surface area contributed by atoms with Crippen LogP contribution in [0.5, 0.6) is 5.75 Å². The van der Waals surface area contributed by atoms with Gasteiger partial charge in [0.1, 0.15) is 0 Å². The van der Waals surface area contributed by atoms with E-state index in [1.165, 1.54) is 0 Å². The van der Waals surface area contributed by atoms with E-state index in [1.54, 1.807) is 18.2 Å². The van der Waals surface area contributed by atoms with Crippen molar-refractivity contribution in [3.63, 3.8) is 0 Å². The first-order chi connectivity index (χ1) is 4.86. The summed E-state index contributed by atoms with van der Waals surface area (Å²) < 4.78 is 1.05. The van der Waals surface area contributed by atoms with Crippen molar-refractivity contribution in [1.82, 2.24) is 0 Å². The molecule has 0 unspecified atom stereocenters. The molecule has 2 rings (SSSR count). The van der Waals surface area contributed by atoms with E-state index < -0.39 is 0 Å². The van der Waals surface area contributed by atoms with Gasteiger partial charge in [0.15, 0.2) is 5.69 Å². The molecule has 1 heterocycles. The first-order valence-corrected chi connectivity index (χ1v) is 2.82. The summed E-state index contributed by atoms with van der Waals surface area (Å²) in [5.41, 5.74) is 3.04. The van der Waals surface area contributed by atoms with Gasteiger partial charge in [0, 0.05) is 0 Å². The Hall–Kier alpha value is -1.26. The minimum atomic E-state index is 0.530. The maximum absolute atomic E-state index is 10.4. The van der Waals surface area contributed by atoms with Gasteiger partial charge in [-0.05, 0) is 12.1 Å². The maximum atomic E-state index is 10.4. The summed E-state index contributed by atoms with van der Waals surface area (Å²) in [5, 5.41) is 10.4. The van der Waals surface area contributed by atoms with Crippen LogP contribution in [-0.4, -0.2) is 0 Å². The number of hydrogen-bond donors (Lipinski definition) is 1. The van der Waals surface area contributed by atoms with Crippen molar-refractivity contribution < 1.29 is 14.9 Å². The topological polar surface area (TPSA) is 47.0 Å². The normalized spacial score (nSPS) is 15.7. The summed E-state index contributed by atoms with van der Waals surface area (Å²) in [6.45, 7) is 0. The molecule has 1 aromatic rings. The Morgan fingerprint density at radius 1 is 1.40 bits per heavy atom. The molecule has 0 amide bonds. The highest BCUT2D eigenvalue weighted by Crippen LogP contribution is 2.29. The molecule has 0 bridgehead atoms.